The zero-order valence-electron chi connectivity index (χ0n) is 14.4. The van der Waals surface area contributed by atoms with E-state index in [9.17, 15) is 0 Å². The molecule has 0 aliphatic heterocycles. The molecule has 1 aliphatic carbocycles. The van der Waals surface area contributed by atoms with Crippen LogP contribution >= 0.6 is 0 Å². The number of rotatable bonds is 5. The quantitative estimate of drug-likeness (QED) is 0.822. The zero-order valence-corrected chi connectivity index (χ0v) is 14.4. The summed E-state index contributed by atoms with van der Waals surface area (Å²) in [6, 6.07) is 8.77. The summed E-state index contributed by atoms with van der Waals surface area (Å²) in [7, 11) is 3.93. The van der Waals surface area contributed by atoms with Crippen molar-refractivity contribution in [3.63, 3.8) is 0 Å². The minimum atomic E-state index is 0.331. The van der Waals surface area contributed by atoms with E-state index >= 15 is 0 Å². The number of hydrogen-bond donors (Lipinski definition) is 0. The standard InChI is InChI=1S/C19H27N3O/c1-15(21(2)17-7-5-4-6-8-17)22-13-19(20-14-22)16-9-11-18(23-3)12-10-16/h9-15,17H,4-8H2,1-3H3. The average molecular weight is 313 g/mol. The van der Waals surface area contributed by atoms with Crippen molar-refractivity contribution < 1.29 is 4.74 Å². The predicted octanol–water partition coefficient (Wildman–Crippen LogP) is 4.34. The second-order valence-corrected chi connectivity index (χ2v) is 6.52. The van der Waals surface area contributed by atoms with Crippen molar-refractivity contribution in [2.75, 3.05) is 14.2 Å². The average Bonchev–Trinajstić information content (AvgIpc) is 3.11. The molecule has 23 heavy (non-hydrogen) atoms. The third-order valence-corrected chi connectivity index (χ3v) is 5.16. The molecule has 1 heterocycles. The second-order valence-electron chi connectivity index (χ2n) is 6.52. The third kappa shape index (κ3) is 3.58. The minimum Gasteiger partial charge on any atom is -0.497 e. The van der Waals surface area contributed by atoms with Gasteiger partial charge in [-0.3, -0.25) is 4.90 Å². The molecule has 0 saturated heterocycles. The van der Waals surface area contributed by atoms with Crippen molar-refractivity contribution in [2.45, 2.75) is 51.2 Å². The van der Waals surface area contributed by atoms with Gasteiger partial charge in [-0.1, -0.05) is 19.3 Å². The van der Waals surface area contributed by atoms with Crippen molar-refractivity contribution in [1.82, 2.24) is 14.5 Å². The van der Waals surface area contributed by atoms with Crippen LogP contribution in [0.15, 0.2) is 36.8 Å². The molecule has 2 aromatic rings. The Morgan fingerprint density at radius 3 is 2.52 bits per heavy atom. The Hall–Kier alpha value is -1.81. The molecule has 0 amide bonds. The molecule has 0 bridgehead atoms. The van der Waals surface area contributed by atoms with Gasteiger partial charge in [0.2, 0.25) is 0 Å². The van der Waals surface area contributed by atoms with Gasteiger partial charge in [-0.15, -0.1) is 0 Å². The van der Waals surface area contributed by atoms with Crippen LogP contribution in [0.3, 0.4) is 0 Å². The maximum absolute atomic E-state index is 5.21. The summed E-state index contributed by atoms with van der Waals surface area (Å²) in [5.41, 5.74) is 2.13. The van der Waals surface area contributed by atoms with Crippen molar-refractivity contribution in [3.05, 3.63) is 36.8 Å². The highest BCUT2D eigenvalue weighted by Crippen LogP contribution is 2.27. The van der Waals surface area contributed by atoms with Crippen molar-refractivity contribution in [3.8, 4) is 17.0 Å². The zero-order chi connectivity index (χ0) is 16.2. The lowest BCUT2D eigenvalue weighted by molar-refractivity contribution is 0.106. The highest BCUT2D eigenvalue weighted by molar-refractivity contribution is 5.59. The SMILES string of the molecule is COc1ccc(-c2cn(C(C)N(C)C3CCCCC3)cn2)cc1. The van der Waals surface area contributed by atoms with Crippen LogP contribution < -0.4 is 4.74 Å². The van der Waals surface area contributed by atoms with Gasteiger partial charge in [0.1, 0.15) is 5.75 Å². The summed E-state index contributed by atoms with van der Waals surface area (Å²) < 4.78 is 7.43. The van der Waals surface area contributed by atoms with Crippen LogP contribution in [0.1, 0.15) is 45.2 Å². The molecule has 1 fully saturated rings. The summed E-state index contributed by atoms with van der Waals surface area (Å²) in [5.74, 6) is 0.874. The van der Waals surface area contributed by atoms with Crippen LogP contribution in [0.5, 0.6) is 5.75 Å². The molecule has 124 valence electrons. The molecule has 0 N–H and O–H groups in total. The molecule has 4 nitrogen and oxygen atoms in total. The molecule has 1 saturated carbocycles. The van der Waals surface area contributed by atoms with Gasteiger partial charge in [0.05, 0.1) is 25.3 Å². The van der Waals surface area contributed by atoms with Crippen LogP contribution in [0.25, 0.3) is 11.3 Å². The van der Waals surface area contributed by atoms with E-state index in [2.05, 4.69) is 46.8 Å². The van der Waals surface area contributed by atoms with Crippen LogP contribution in [-0.2, 0) is 0 Å². The van der Waals surface area contributed by atoms with E-state index in [4.69, 9.17) is 4.74 Å². The molecule has 1 aromatic heterocycles. The maximum Gasteiger partial charge on any atom is 0.118 e. The Balaban J connectivity index is 1.72. The van der Waals surface area contributed by atoms with Crippen molar-refractivity contribution in [2.24, 2.45) is 0 Å². The summed E-state index contributed by atoms with van der Waals surface area (Å²) in [5, 5.41) is 0. The molecule has 1 atom stereocenters. The number of methoxy groups -OCH3 is 1. The number of hydrogen-bond acceptors (Lipinski definition) is 3. The molecule has 3 rings (SSSR count). The van der Waals surface area contributed by atoms with Gasteiger partial charge in [0.15, 0.2) is 0 Å². The Bertz CT molecular complexity index is 614. The van der Waals surface area contributed by atoms with E-state index in [1.165, 1.54) is 32.1 Å². The summed E-state index contributed by atoms with van der Waals surface area (Å²) in [6.07, 6.45) is 11.2. The topological polar surface area (TPSA) is 30.3 Å². The maximum atomic E-state index is 5.21. The first kappa shape index (κ1) is 16.1. The Morgan fingerprint density at radius 2 is 1.87 bits per heavy atom. The minimum absolute atomic E-state index is 0.331. The van der Waals surface area contributed by atoms with E-state index in [0.717, 1.165) is 17.0 Å². The Labute approximate surface area is 139 Å². The highest BCUT2D eigenvalue weighted by atomic mass is 16.5. The number of aromatic nitrogens is 2. The van der Waals surface area contributed by atoms with Crippen LogP contribution in [0, 0.1) is 0 Å². The van der Waals surface area contributed by atoms with Gasteiger partial charge in [0.25, 0.3) is 0 Å². The smallest absolute Gasteiger partial charge is 0.118 e. The van der Waals surface area contributed by atoms with Gasteiger partial charge in [-0.25, -0.2) is 4.98 Å². The number of ether oxygens (including phenoxy) is 1. The Morgan fingerprint density at radius 1 is 1.17 bits per heavy atom. The number of benzene rings is 1. The van der Waals surface area contributed by atoms with Gasteiger partial charge < -0.3 is 9.30 Å². The van der Waals surface area contributed by atoms with Gasteiger partial charge >= 0.3 is 0 Å². The summed E-state index contributed by atoms with van der Waals surface area (Å²) >= 11 is 0. The summed E-state index contributed by atoms with van der Waals surface area (Å²) in [6.45, 7) is 2.26. The fourth-order valence-corrected chi connectivity index (χ4v) is 3.46. The number of nitrogens with zero attached hydrogens (tertiary/aromatic N) is 3. The first-order chi connectivity index (χ1) is 11.2. The van der Waals surface area contributed by atoms with E-state index in [1.807, 2.05) is 18.5 Å². The van der Waals surface area contributed by atoms with Crippen molar-refractivity contribution in [1.29, 1.82) is 0 Å². The third-order valence-electron chi connectivity index (χ3n) is 5.16. The molecule has 1 aromatic carbocycles. The molecular formula is C19H27N3O. The van der Waals surface area contributed by atoms with Crippen LogP contribution in [0.2, 0.25) is 0 Å². The highest BCUT2D eigenvalue weighted by Gasteiger charge is 2.22. The van der Waals surface area contributed by atoms with Crippen molar-refractivity contribution >= 4 is 0 Å². The van der Waals surface area contributed by atoms with Gasteiger partial charge in [-0.2, -0.15) is 0 Å². The normalized spacial score (nSPS) is 17.4. The molecular weight excluding hydrogens is 286 g/mol. The van der Waals surface area contributed by atoms with E-state index < -0.39 is 0 Å². The predicted molar refractivity (Wildman–Crippen MR) is 93.6 cm³/mol. The van der Waals surface area contributed by atoms with Gasteiger partial charge in [-0.05, 0) is 51.1 Å². The summed E-state index contributed by atoms with van der Waals surface area (Å²) in [4.78, 5) is 7.08. The second kappa shape index (κ2) is 7.18. The fraction of sp³-hybridized carbons (Fsp3) is 0.526. The lowest BCUT2D eigenvalue weighted by atomic mass is 9.94. The molecule has 4 heteroatoms. The molecule has 0 radical (unpaired) electrons. The molecule has 1 aliphatic rings. The van der Waals surface area contributed by atoms with E-state index in [1.54, 1.807) is 7.11 Å². The Kier molecular flexibility index (Phi) is 5.01. The lowest BCUT2D eigenvalue weighted by Crippen LogP contribution is -2.37. The first-order valence-electron chi connectivity index (χ1n) is 8.59. The first-order valence-corrected chi connectivity index (χ1v) is 8.59. The van der Waals surface area contributed by atoms with Crippen LogP contribution in [0.4, 0.5) is 0 Å². The monoisotopic (exact) mass is 313 g/mol. The number of imidazole rings is 1. The molecule has 0 spiro atoms. The van der Waals surface area contributed by atoms with Crippen LogP contribution in [-0.4, -0.2) is 34.7 Å². The largest absolute Gasteiger partial charge is 0.497 e. The lowest BCUT2D eigenvalue weighted by Gasteiger charge is -2.35. The van der Waals surface area contributed by atoms with E-state index in [-0.39, 0.29) is 0 Å². The van der Waals surface area contributed by atoms with E-state index in [0.29, 0.717) is 12.2 Å². The molecule has 1 unspecified atom stereocenters. The van der Waals surface area contributed by atoms with Gasteiger partial charge in [0, 0.05) is 17.8 Å². The fourth-order valence-electron chi connectivity index (χ4n) is 3.46.